The van der Waals surface area contributed by atoms with Gasteiger partial charge >= 0.3 is 0 Å². The van der Waals surface area contributed by atoms with Gasteiger partial charge in [-0.2, -0.15) is 0 Å². The van der Waals surface area contributed by atoms with Crippen LogP contribution in [0.1, 0.15) is 29.3 Å². The lowest BCUT2D eigenvalue weighted by Gasteiger charge is -2.06. The maximum atomic E-state index is 12.6. The topological polar surface area (TPSA) is 94.6 Å². The van der Waals surface area contributed by atoms with Gasteiger partial charge in [0.15, 0.2) is 5.76 Å². The number of ether oxygens (including phenoxy) is 1. The fourth-order valence-corrected chi connectivity index (χ4v) is 4.01. The number of nitrogens with one attached hydrogen (secondary N) is 1. The second-order valence-electron chi connectivity index (χ2n) is 6.74. The molecule has 1 unspecified atom stereocenters. The first-order chi connectivity index (χ1) is 12.8. The van der Waals surface area contributed by atoms with Crippen LogP contribution in [0.5, 0.6) is 5.75 Å². The molecule has 0 saturated carbocycles. The number of aromatic nitrogens is 1. The zero-order valence-corrected chi connectivity index (χ0v) is 16.1. The molecule has 0 fully saturated rings. The van der Waals surface area contributed by atoms with Crippen LogP contribution >= 0.6 is 0 Å². The molecule has 7 nitrogen and oxygen atoms in total. The van der Waals surface area contributed by atoms with Crippen molar-refractivity contribution in [3.8, 4) is 17.3 Å². The van der Waals surface area contributed by atoms with E-state index in [-0.39, 0.29) is 17.7 Å². The van der Waals surface area contributed by atoms with Gasteiger partial charge in [0.05, 0.1) is 5.69 Å². The van der Waals surface area contributed by atoms with Gasteiger partial charge in [-0.15, -0.1) is 0 Å². The van der Waals surface area contributed by atoms with Gasteiger partial charge in [0.25, 0.3) is 10.0 Å². The Morgan fingerprint density at radius 3 is 2.78 bits per heavy atom. The Kier molecular flexibility index (Phi) is 4.32. The van der Waals surface area contributed by atoms with E-state index in [0.717, 1.165) is 34.6 Å². The molecular weight excluding hydrogens is 368 g/mol. The van der Waals surface area contributed by atoms with Gasteiger partial charge in [-0.3, -0.25) is 0 Å². The molecule has 3 aromatic rings. The van der Waals surface area contributed by atoms with Crippen LogP contribution in [-0.4, -0.2) is 19.7 Å². The fraction of sp³-hybridized carbons (Fsp3) is 0.316. The van der Waals surface area contributed by atoms with E-state index in [2.05, 4.69) is 9.88 Å². The molecule has 27 heavy (non-hydrogen) atoms. The van der Waals surface area contributed by atoms with Crippen molar-refractivity contribution in [2.45, 2.75) is 44.9 Å². The molecule has 1 aliphatic heterocycles. The van der Waals surface area contributed by atoms with Crippen molar-refractivity contribution >= 4 is 10.0 Å². The van der Waals surface area contributed by atoms with Crippen molar-refractivity contribution in [3.63, 3.8) is 0 Å². The standard InChI is InChI=1S/C19H20N2O5S/c1-11-8-15-9-14(4-5-16(15)24-11)10-20-27(22,23)18-7-6-17(25-18)19-12(2)13(3)21-26-19/h4-7,9,11,20H,8,10H2,1-3H3. The Hall–Kier alpha value is -2.58. The van der Waals surface area contributed by atoms with E-state index in [9.17, 15) is 8.42 Å². The molecule has 4 rings (SSSR count). The Morgan fingerprint density at radius 2 is 2.04 bits per heavy atom. The van der Waals surface area contributed by atoms with Crippen LogP contribution in [0, 0.1) is 13.8 Å². The number of hydrogen-bond donors (Lipinski definition) is 1. The maximum absolute atomic E-state index is 12.6. The van der Waals surface area contributed by atoms with Crippen LogP contribution in [-0.2, 0) is 23.0 Å². The minimum absolute atomic E-state index is 0.150. The Bertz CT molecular complexity index is 1100. The number of nitrogens with zero attached hydrogens (tertiary/aromatic N) is 1. The summed E-state index contributed by atoms with van der Waals surface area (Å²) in [5, 5.41) is 3.70. The molecular formula is C19H20N2O5S. The maximum Gasteiger partial charge on any atom is 0.274 e. The number of rotatable bonds is 5. The molecule has 8 heteroatoms. The molecule has 2 aromatic heterocycles. The molecule has 0 amide bonds. The van der Waals surface area contributed by atoms with Crippen molar-refractivity contribution in [3.05, 3.63) is 52.7 Å². The zero-order chi connectivity index (χ0) is 19.2. The Labute approximate surface area is 157 Å². The molecule has 1 N–H and O–H groups in total. The SMILES string of the molecule is Cc1noc(-c2ccc(S(=O)(=O)NCc3ccc4c(c3)CC(C)O4)o2)c1C. The molecule has 1 atom stereocenters. The lowest BCUT2D eigenvalue weighted by Crippen LogP contribution is -2.22. The lowest BCUT2D eigenvalue weighted by atomic mass is 10.1. The van der Waals surface area contributed by atoms with Crippen LogP contribution in [0.15, 0.2) is 44.4 Å². The number of fused-ring (bicyclic) bond motifs is 1. The second kappa shape index (κ2) is 6.54. The number of aryl methyl sites for hydroxylation is 1. The predicted molar refractivity (Wildman–Crippen MR) is 97.9 cm³/mol. The van der Waals surface area contributed by atoms with Gasteiger partial charge in [0.1, 0.15) is 11.9 Å². The van der Waals surface area contributed by atoms with Gasteiger partial charge in [-0.05, 0) is 50.1 Å². The number of hydrogen-bond acceptors (Lipinski definition) is 6. The van der Waals surface area contributed by atoms with Gasteiger partial charge in [0.2, 0.25) is 10.9 Å². The normalized spacial score (nSPS) is 16.3. The summed E-state index contributed by atoms with van der Waals surface area (Å²) in [4.78, 5) is 0. The first kappa shape index (κ1) is 17.8. The summed E-state index contributed by atoms with van der Waals surface area (Å²) < 4.78 is 44.1. The van der Waals surface area contributed by atoms with Crippen molar-refractivity contribution in [1.29, 1.82) is 0 Å². The second-order valence-corrected chi connectivity index (χ2v) is 8.44. The third-order valence-electron chi connectivity index (χ3n) is 4.65. The van der Waals surface area contributed by atoms with E-state index in [1.54, 1.807) is 6.07 Å². The van der Waals surface area contributed by atoms with Crippen molar-refractivity contribution in [1.82, 2.24) is 9.88 Å². The Balaban J connectivity index is 1.50. The van der Waals surface area contributed by atoms with E-state index in [1.807, 2.05) is 39.0 Å². The van der Waals surface area contributed by atoms with Crippen LogP contribution in [0.25, 0.3) is 11.5 Å². The lowest BCUT2D eigenvalue weighted by molar-refractivity contribution is 0.254. The summed E-state index contributed by atoms with van der Waals surface area (Å²) in [6, 6.07) is 8.68. The summed E-state index contributed by atoms with van der Waals surface area (Å²) in [5.74, 6) is 1.63. The number of furan rings is 1. The highest BCUT2D eigenvalue weighted by atomic mass is 32.2. The average Bonchev–Trinajstić information content (AvgIpc) is 3.32. The van der Waals surface area contributed by atoms with Crippen LogP contribution < -0.4 is 9.46 Å². The summed E-state index contributed by atoms with van der Waals surface area (Å²) in [7, 11) is -3.79. The van der Waals surface area contributed by atoms with Crippen LogP contribution in [0.4, 0.5) is 0 Å². The minimum Gasteiger partial charge on any atom is -0.490 e. The van der Waals surface area contributed by atoms with E-state index >= 15 is 0 Å². The molecule has 1 aromatic carbocycles. The smallest absolute Gasteiger partial charge is 0.274 e. The summed E-state index contributed by atoms with van der Waals surface area (Å²) in [6.07, 6.45) is 0.976. The largest absolute Gasteiger partial charge is 0.490 e. The fourth-order valence-electron chi connectivity index (χ4n) is 3.07. The Morgan fingerprint density at radius 1 is 1.22 bits per heavy atom. The van der Waals surface area contributed by atoms with Crippen molar-refractivity contribution in [2.75, 3.05) is 0 Å². The zero-order valence-electron chi connectivity index (χ0n) is 15.3. The molecule has 0 aliphatic carbocycles. The first-order valence-corrected chi connectivity index (χ1v) is 10.1. The van der Waals surface area contributed by atoms with Gasteiger partial charge in [0, 0.05) is 18.5 Å². The summed E-state index contributed by atoms with van der Waals surface area (Å²) >= 11 is 0. The third-order valence-corrected chi connectivity index (χ3v) is 5.93. The molecule has 0 bridgehead atoms. The summed E-state index contributed by atoms with van der Waals surface area (Å²) in [5.41, 5.74) is 3.51. The monoisotopic (exact) mass is 388 g/mol. The minimum atomic E-state index is -3.79. The average molecular weight is 388 g/mol. The molecule has 142 valence electrons. The predicted octanol–water partition coefficient (Wildman–Crippen LogP) is 3.35. The first-order valence-electron chi connectivity index (χ1n) is 8.64. The van der Waals surface area contributed by atoms with E-state index in [4.69, 9.17) is 13.7 Å². The molecule has 3 heterocycles. The molecule has 0 radical (unpaired) electrons. The van der Waals surface area contributed by atoms with Crippen molar-refractivity contribution < 1.29 is 22.1 Å². The van der Waals surface area contributed by atoms with Crippen molar-refractivity contribution in [2.24, 2.45) is 0 Å². The van der Waals surface area contributed by atoms with E-state index in [0.29, 0.717) is 11.5 Å². The van der Waals surface area contributed by atoms with Crippen LogP contribution in [0.2, 0.25) is 0 Å². The number of sulfonamides is 1. The number of benzene rings is 1. The molecule has 0 spiro atoms. The van der Waals surface area contributed by atoms with Gasteiger partial charge < -0.3 is 13.7 Å². The molecule has 0 saturated heterocycles. The highest BCUT2D eigenvalue weighted by Crippen LogP contribution is 2.30. The highest BCUT2D eigenvalue weighted by molar-refractivity contribution is 7.89. The highest BCUT2D eigenvalue weighted by Gasteiger charge is 2.23. The molecule has 1 aliphatic rings. The van der Waals surface area contributed by atoms with Gasteiger partial charge in [-0.1, -0.05) is 17.3 Å². The van der Waals surface area contributed by atoms with Crippen LogP contribution in [0.3, 0.4) is 0 Å². The van der Waals surface area contributed by atoms with E-state index in [1.165, 1.54) is 6.07 Å². The van der Waals surface area contributed by atoms with Gasteiger partial charge in [-0.25, -0.2) is 13.1 Å². The quantitative estimate of drug-likeness (QED) is 0.720. The third kappa shape index (κ3) is 3.38. The van der Waals surface area contributed by atoms with E-state index < -0.39 is 10.0 Å². The summed E-state index contributed by atoms with van der Waals surface area (Å²) in [6.45, 7) is 5.83.